The number of anilines is 1. The maximum absolute atomic E-state index is 5.40. The Labute approximate surface area is 122 Å². The summed E-state index contributed by atoms with van der Waals surface area (Å²) in [5, 5.41) is 3.67. The summed E-state index contributed by atoms with van der Waals surface area (Å²) in [5.41, 5.74) is 2.71. The van der Waals surface area contributed by atoms with Gasteiger partial charge in [0.1, 0.15) is 0 Å². The van der Waals surface area contributed by atoms with Crippen molar-refractivity contribution in [1.29, 1.82) is 0 Å². The average Bonchev–Trinajstić information content (AvgIpc) is 2.45. The fourth-order valence-corrected chi connectivity index (χ4v) is 3.03. The summed E-state index contributed by atoms with van der Waals surface area (Å²) >= 11 is 0. The fraction of sp³-hybridized carbons (Fsp3) is 0.647. The van der Waals surface area contributed by atoms with E-state index in [1.54, 1.807) is 0 Å². The average molecular weight is 274 g/mol. The van der Waals surface area contributed by atoms with Crippen LogP contribution in [0.15, 0.2) is 24.3 Å². The minimum absolute atomic E-state index is 0.655. The lowest BCUT2D eigenvalue weighted by Gasteiger charge is -2.32. The maximum atomic E-state index is 5.40. The van der Waals surface area contributed by atoms with E-state index in [4.69, 9.17) is 4.74 Å². The van der Waals surface area contributed by atoms with Gasteiger partial charge in [0.15, 0.2) is 0 Å². The van der Waals surface area contributed by atoms with Crippen LogP contribution in [0.3, 0.4) is 0 Å². The predicted molar refractivity (Wildman–Crippen MR) is 83.1 cm³/mol. The number of hydrogen-bond donors (Lipinski definition) is 1. The summed E-state index contributed by atoms with van der Waals surface area (Å²) < 4.78 is 5.40. The van der Waals surface area contributed by atoms with Crippen LogP contribution in [-0.2, 0) is 11.3 Å². The zero-order valence-electron chi connectivity index (χ0n) is 12.5. The molecule has 110 valence electrons. The summed E-state index contributed by atoms with van der Waals surface area (Å²) in [5.74, 6) is 0.905. The Morgan fingerprint density at radius 3 is 2.50 bits per heavy atom. The first-order valence-electron chi connectivity index (χ1n) is 7.98. The number of benzene rings is 1. The van der Waals surface area contributed by atoms with Crippen LogP contribution in [0, 0.1) is 5.92 Å². The molecule has 1 saturated heterocycles. The van der Waals surface area contributed by atoms with Crippen molar-refractivity contribution in [3.63, 3.8) is 0 Å². The van der Waals surface area contributed by atoms with Gasteiger partial charge in [0.05, 0.1) is 13.2 Å². The summed E-state index contributed by atoms with van der Waals surface area (Å²) in [6.45, 7) is 7.03. The van der Waals surface area contributed by atoms with Gasteiger partial charge in [-0.2, -0.15) is 0 Å². The van der Waals surface area contributed by atoms with Crippen LogP contribution in [0.2, 0.25) is 0 Å². The van der Waals surface area contributed by atoms with Gasteiger partial charge in [-0.05, 0) is 43.4 Å². The van der Waals surface area contributed by atoms with E-state index in [-0.39, 0.29) is 0 Å². The molecule has 0 aromatic heterocycles. The summed E-state index contributed by atoms with van der Waals surface area (Å²) in [6.07, 6.45) is 4.24. The van der Waals surface area contributed by atoms with Gasteiger partial charge in [-0.15, -0.1) is 0 Å². The Morgan fingerprint density at radius 2 is 1.90 bits per heavy atom. The maximum Gasteiger partial charge on any atom is 0.0642 e. The van der Waals surface area contributed by atoms with Gasteiger partial charge in [0.25, 0.3) is 0 Å². The van der Waals surface area contributed by atoms with E-state index in [0.29, 0.717) is 6.04 Å². The van der Waals surface area contributed by atoms with Gasteiger partial charge >= 0.3 is 0 Å². The first kappa shape index (κ1) is 13.9. The van der Waals surface area contributed by atoms with Crippen LogP contribution in [0.25, 0.3) is 0 Å². The highest BCUT2D eigenvalue weighted by Crippen LogP contribution is 2.29. The minimum Gasteiger partial charge on any atom is -0.378 e. The Kier molecular flexibility index (Phi) is 4.58. The number of nitrogens with one attached hydrogen (secondary N) is 1. The fourth-order valence-electron chi connectivity index (χ4n) is 3.03. The van der Waals surface area contributed by atoms with Gasteiger partial charge in [0, 0.05) is 31.4 Å². The molecular weight excluding hydrogens is 248 g/mol. The molecule has 1 saturated carbocycles. The number of nitrogens with zero attached hydrogens (tertiary/aromatic N) is 1. The summed E-state index contributed by atoms with van der Waals surface area (Å²) in [6, 6.07) is 9.66. The molecule has 1 aromatic rings. The molecule has 1 heterocycles. The van der Waals surface area contributed by atoms with Crippen LogP contribution >= 0.6 is 0 Å². The summed E-state index contributed by atoms with van der Waals surface area (Å²) in [4.78, 5) is 2.40. The molecule has 3 heteroatoms. The van der Waals surface area contributed by atoms with Crippen LogP contribution < -0.4 is 10.2 Å². The van der Waals surface area contributed by atoms with E-state index in [9.17, 15) is 0 Å². The first-order chi connectivity index (χ1) is 9.83. The zero-order chi connectivity index (χ0) is 13.8. The summed E-state index contributed by atoms with van der Waals surface area (Å²) in [7, 11) is 0. The minimum atomic E-state index is 0.655. The molecule has 2 aliphatic rings. The highest BCUT2D eigenvalue weighted by molar-refractivity contribution is 5.47. The van der Waals surface area contributed by atoms with Gasteiger partial charge in [-0.25, -0.2) is 0 Å². The van der Waals surface area contributed by atoms with Gasteiger partial charge in [-0.3, -0.25) is 0 Å². The van der Waals surface area contributed by atoms with Crippen molar-refractivity contribution in [3.8, 4) is 0 Å². The molecule has 0 spiro atoms. The van der Waals surface area contributed by atoms with E-state index in [1.165, 1.54) is 30.5 Å². The van der Waals surface area contributed by atoms with E-state index < -0.39 is 0 Å². The van der Waals surface area contributed by atoms with Crippen molar-refractivity contribution < 1.29 is 4.74 Å². The molecule has 1 N–H and O–H groups in total. The molecule has 1 unspecified atom stereocenters. The van der Waals surface area contributed by atoms with E-state index in [2.05, 4.69) is 41.4 Å². The Morgan fingerprint density at radius 1 is 1.20 bits per heavy atom. The number of morpholine rings is 1. The van der Waals surface area contributed by atoms with Crippen molar-refractivity contribution in [2.45, 2.75) is 38.8 Å². The normalized spacial score (nSPS) is 21.6. The molecule has 0 bridgehead atoms. The zero-order valence-corrected chi connectivity index (χ0v) is 12.5. The van der Waals surface area contributed by atoms with Crippen molar-refractivity contribution in [3.05, 3.63) is 29.8 Å². The predicted octanol–water partition coefficient (Wildman–Crippen LogP) is 2.80. The molecule has 0 radical (unpaired) electrons. The van der Waals surface area contributed by atoms with Gasteiger partial charge < -0.3 is 15.0 Å². The van der Waals surface area contributed by atoms with Crippen molar-refractivity contribution in [1.82, 2.24) is 5.32 Å². The lowest BCUT2D eigenvalue weighted by molar-refractivity contribution is 0.122. The van der Waals surface area contributed by atoms with Gasteiger partial charge in [-0.1, -0.05) is 18.6 Å². The number of hydrogen-bond acceptors (Lipinski definition) is 3. The lowest BCUT2D eigenvalue weighted by atomic mass is 9.80. The molecule has 1 atom stereocenters. The SMILES string of the molecule is CC(NCc1ccc(N2CCOCC2)cc1)C1CCC1. The van der Waals surface area contributed by atoms with Crippen LogP contribution in [0.1, 0.15) is 31.7 Å². The Bertz CT molecular complexity index is 408. The topological polar surface area (TPSA) is 24.5 Å². The quantitative estimate of drug-likeness (QED) is 0.893. The standard InChI is InChI=1S/C17H26N2O/c1-14(16-3-2-4-16)18-13-15-5-7-17(8-6-15)19-9-11-20-12-10-19/h5-8,14,16,18H,2-4,9-13H2,1H3. The van der Waals surface area contributed by atoms with Crippen LogP contribution in [0.5, 0.6) is 0 Å². The van der Waals surface area contributed by atoms with Crippen molar-refractivity contribution in [2.24, 2.45) is 5.92 Å². The van der Waals surface area contributed by atoms with Crippen LogP contribution in [-0.4, -0.2) is 32.3 Å². The smallest absolute Gasteiger partial charge is 0.0642 e. The molecule has 1 aliphatic heterocycles. The first-order valence-corrected chi connectivity index (χ1v) is 7.98. The molecule has 1 aromatic carbocycles. The van der Waals surface area contributed by atoms with Gasteiger partial charge in [0.2, 0.25) is 0 Å². The highest BCUT2D eigenvalue weighted by atomic mass is 16.5. The third kappa shape index (κ3) is 3.33. The van der Waals surface area contributed by atoms with Crippen molar-refractivity contribution >= 4 is 5.69 Å². The highest BCUT2D eigenvalue weighted by Gasteiger charge is 2.23. The van der Waals surface area contributed by atoms with E-state index in [0.717, 1.165) is 38.8 Å². The molecule has 1 aliphatic carbocycles. The molecule has 3 rings (SSSR count). The lowest BCUT2D eigenvalue weighted by Crippen LogP contribution is -2.37. The van der Waals surface area contributed by atoms with E-state index in [1.807, 2.05) is 0 Å². The molecular formula is C17H26N2O. The molecule has 20 heavy (non-hydrogen) atoms. The van der Waals surface area contributed by atoms with Crippen LogP contribution in [0.4, 0.5) is 5.69 Å². The van der Waals surface area contributed by atoms with Crippen molar-refractivity contribution in [2.75, 3.05) is 31.2 Å². The third-order valence-corrected chi connectivity index (χ3v) is 4.80. The number of rotatable bonds is 5. The second kappa shape index (κ2) is 6.59. The van der Waals surface area contributed by atoms with E-state index >= 15 is 0 Å². The second-order valence-corrected chi connectivity index (χ2v) is 6.13. The Balaban J connectivity index is 1.50. The molecule has 3 nitrogen and oxygen atoms in total. The molecule has 2 fully saturated rings. The number of ether oxygens (including phenoxy) is 1. The molecule has 0 amide bonds. The second-order valence-electron chi connectivity index (χ2n) is 6.13. The Hall–Kier alpha value is -1.06. The monoisotopic (exact) mass is 274 g/mol. The largest absolute Gasteiger partial charge is 0.378 e. The third-order valence-electron chi connectivity index (χ3n) is 4.80.